The fourth-order valence-corrected chi connectivity index (χ4v) is 6.84. The Morgan fingerprint density at radius 1 is 1.13 bits per heavy atom. The highest BCUT2D eigenvalue weighted by molar-refractivity contribution is 6.30. The van der Waals surface area contributed by atoms with Crippen LogP contribution >= 0.6 is 11.6 Å². The molecule has 3 aromatic rings. The first-order valence-corrected chi connectivity index (χ1v) is 15.7. The van der Waals surface area contributed by atoms with Crippen molar-refractivity contribution in [1.82, 2.24) is 25.1 Å². The molecule has 1 aliphatic carbocycles. The summed E-state index contributed by atoms with van der Waals surface area (Å²) in [5.74, 6) is -0.287. The Bertz CT molecular complexity index is 1520. The molecule has 0 radical (unpaired) electrons. The number of carbonyl (C=O) groups excluding carboxylic acids is 1. The van der Waals surface area contributed by atoms with Crippen LogP contribution in [0.5, 0.6) is 5.88 Å². The van der Waals surface area contributed by atoms with Crippen LogP contribution in [0.1, 0.15) is 68.7 Å². The molecule has 1 aromatic carbocycles. The molecule has 2 atom stereocenters. The summed E-state index contributed by atoms with van der Waals surface area (Å²) in [6.45, 7) is 3.62. The molecule has 2 aromatic heterocycles. The maximum absolute atomic E-state index is 14.5. The fraction of sp³-hybridized carbons (Fsp3) is 0.548. The van der Waals surface area contributed by atoms with Crippen LogP contribution in [-0.4, -0.2) is 63.7 Å². The second-order valence-corrected chi connectivity index (χ2v) is 12.8. The second kappa shape index (κ2) is 12.7. The molecule has 2 saturated heterocycles. The van der Waals surface area contributed by atoms with Gasteiger partial charge in [0, 0.05) is 42.5 Å². The van der Waals surface area contributed by atoms with Crippen LogP contribution in [0, 0.1) is 12.3 Å². The smallest absolute Gasteiger partial charge is 0.429 e. The molecular weight excluding hydrogens is 611 g/mol. The van der Waals surface area contributed by atoms with E-state index in [9.17, 15) is 18.0 Å². The molecule has 2 aliphatic heterocycles. The Morgan fingerprint density at radius 2 is 1.89 bits per heavy atom. The summed E-state index contributed by atoms with van der Waals surface area (Å²) in [4.78, 5) is 23.1. The largest absolute Gasteiger partial charge is 0.461 e. The summed E-state index contributed by atoms with van der Waals surface area (Å²) in [6.07, 6.45) is 1.89. The molecule has 14 heteroatoms. The number of nitrogens with two attached hydrogens (primary N) is 1. The number of aryl methyl sites for hydroxylation is 1. The number of nitrogens with zero attached hydrogens (tertiary/aromatic N) is 5. The lowest BCUT2D eigenvalue weighted by Gasteiger charge is -2.39. The number of esters is 1. The van der Waals surface area contributed by atoms with E-state index >= 15 is 0 Å². The van der Waals surface area contributed by atoms with E-state index in [2.05, 4.69) is 20.4 Å². The third-order valence-electron chi connectivity index (χ3n) is 9.11. The predicted octanol–water partition coefficient (Wildman–Crippen LogP) is 5.71. The van der Waals surface area contributed by atoms with Crippen molar-refractivity contribution in [3.63, 3.8) is 0 Å². The maximum Gasteiger partial charge on any atom is 0.429 e. The Hall–Kier alpha value is -3.58. The molecule has 242 valence electrons. The zero-order valence-corrected chi connectivity index (χ0v) is 25.8. The van der Waals surface area contributed by atoms with Gasteiger partial charge in [-0.1, -0.05) is 24.1 Å². The van der Waals surface area contributed by atoms with Crippen LogP contribution in [0.4, 0.5) is 24.9 Å². The molecule has 0 amide bonds. The molecule has 4 heterocycles. The fourth-order valence-electron chi connectivity index (χ4n) is 6.67. The van der Waals surface area contributed by atoms with Gasteiger partial charge in [-0.15, -0.1) is 0 Å². The number of piperidine rings is 1. The number of hydrogen-bond donors (Lipinski definition) is 2. The number of rotatable bonds is 7. The summed E-state index contributed by atoms with van der Waals surface area (Å²) in [6, 6.07) is 6.80. The lowest BCUT2D eigenvalue weighted by Crippen LogP contribution is -2.41. The average Bonchev–Trinajstić information content (AvgIpc) is 3.63. The van der Waals surface area contributed by atoms with Crippen molar-refractivity contribution in [3.05, 3.63) is 52.8 Å². The maximum atomic E-state index is 14.5. The number of nitrogens with one attached hydrogen (secondary N) is 1. The molecule has 0 unspecified atom stereocenters. The number of nitrogen functional groups attached to an aromatic ring is 1. The normalized spacial score (nSPS) is 21.2. The monoisotopic (exact) mass is 647 g/mol. The van der Waals surface area contributed by atoms with Gasteiger partial charge in [-0.2, -0.15) is 28.2 Å². The van der Waals surface area contributed by atoms with E-state index in [1.807, 2.05) is 4.90 Å². The van der Waals surface area contributed by atoms with Gasteiger partial charge < -0.3 is 25.4 Å². The molecule has 1 spiro atoms. The van der Waals surface area contributed by atoms with Gasteiger partial charge in [-0.25, -0.2) is 4.68 Å². The number of carbonyl (C=O) groups is 1. The van der Waals surface area contributed by atoms with Gasteiger partial charge in [-0.3, -0.25) is 4.79 Å². The highest BCUT2D eigenvalue weighted by Gasteiger charge is 2.46. The summed E-state index contributed by atoms with van der Waals surface area (Å²) >= 11 is 6.16. The van der Waals surface area contributed by atoms with E-state index in [4.69, 9.17) is 26.8 Å². The molecule has 3 aliphatic rings. The van der Waals surface area contributed by atoms with E-state index < -0.39 is 12.3 Å². The first-order valence-electron chi connectivity index (χ1n) is 15.4. The highest BCUT2D eigenvalue weighted by atomic mass is 35.5. The molecule has 6 rings (SSSR count). The third-order valence-corrected chi connectivity index (χ3v) is 9.35. The van der Waals surface area contributed by atoms with Crippen molar-refractivity contribution in [2.24, 2.45) is 5.41 Å². The number of ether oxygens (including phenoxy) is 2. The summed E-state index contributed by atoms with van der Waals surface area (Å²) in [5.41, 5.74) is 6.49. The minimum atomic E-state index is -4.80. The summed E-state index contributed by atoms with van der Waals surface area (Å²) in [7, 11) is 0. The van der Waals surface area contributed by atoms with Gasteiger partial charge in [0.25, 0.3) is 0 Å². The van der Waals surface area contributed by atoms with Crippen LogP contribution in [0.25, 0.3) is 5.69 Å². The van der Waals surface area contributed by atoms with Crippen LogP contribution in [0.2, 0.25) is 5.02 Å². The lowest BCUT2D eigenvalue weighted by molar-refractivity contribution is -0.198. The zero-order chi connectivity index (χ0) is 31.8. The van der Waals surface area contributed by atoms with Gasteiger partial charge in [0.15, 0.2) is 0 Å². The number of alkyl halides is 3. The van der Waals surface area contributed by atoms with Crippen molar-refractivity contribution in [2.75, 3.05) is 30.3 Å². The molecule has 3 fully saturated rings. The Balaban J connectivity index is 1.15. The van der Waals surface area contributed by atoms with Crippen molar-refractivity contribution in [3.8, 4) is 11.6 Å². The minimum Gasteiger partial charge on any atom is -0.461 e. The van der Waals surface area contributed by atoms with Crippen LogP contribution in [0.3, 0.4) is 0 Å². The predicted molar refractivity (Wildman–Crippen MR) is 162 cm³/mol. The molecule has 10 nitrogen and oxygen atoms in total. The number of anilines is 2. The van der Waals surface area contributed by atoms with Crippen molar-refractivity contribution in [1.29, 1.82) is 0 Å². The second-order valence-electron chi connectivity index (χ2n) is 12.4. The van der Waals surface area contributed by atoms with Gasteiger partial charge in [0.1, 0.15) is 18.0 Å². The van der Waals surface area contributed by atoms with E-state index in [-0.39, 0.29) is 51.6 Å². The molecule has 3 N–H and O–H groups in total. The summed E-state index contributed by atoms with van der Waals surface area (Å²) < 4.78 is 56.3. The van der Waals surface area contributed by atoms with E-state index in [1.54, 1.807) is 19.2 Å². The van der Waals surface area contributed by atoms with E-state index in [0.717, 1.165) is 38.5 Å². The Morgan fingerprint density at radius 3 is 2.58 bits per heavy atom. The number of halogens is 4. The van der Waals surface area contributed by atoms with Crippen molar-refractivity contribution < 1.29 is 27.4 Å². The lowest BCUT2D eigenvalue weighted by atomic mass is 9.76. The van der Waals surface area contributed by atoms with Gasteiger partial charge in [0.2, 0.25) is 17.9 Å². The van der Waals surface area contributed by atoms with Gasteiger partial charge >= 0.3 is 12.1 Å². The highest BCUT2D eigenvalue weighted by Crippen LogP contribution is 2.43. The van der Waals surface area contributed by atoms with Gasteiger partial charge in [0.05, 0.1) is 11.4 Å². The van der Waals surface area contributed by atoms with E-state index in [0.29, 0.717) is 37.6 Å². The zero-order valence-electron chi connectivity index (χ0n) is 25.0. The average molecular weight is 648 g/mol. The van der Waals surface area contributed by atoms with Crippen LogP contribution in [-0.2, 0) is 9.53 Å². The summed E-state index contributed by atoms with van der Waals surface area (Å²) in [5, 5.41) is 7.89. The molecular formula is C31H37ClF3N7O3. The van der Waals surface area contributed by atoms with E-state index in [1.165, 1.54) is 35.4 Å². The van der Waals surface area contributed by atoms with Gasteiger partial charge in [-0.05, 0) is 75.5 Å². The Labute approximate surface area is 264 Å². The quantitative estimate of drug-likeness (QED) is 0.311. The van der Waals surface area contributed by atoms with Crippen LogP contribution in [0.15, 0.2) is 36.5 Å². The topological polar surface area (TPSA) is 120 Å². The molecule has 45 heavy (non-hydrogen) atoms. The SMILES string of the molecule is Cc1ccn(-c2cc(Cl)ccc2[C@@H](Oc2cc(N3CCC4(CC3)CN[C@H](C(=O)OC3CCCCC3)C4)nc(N)n2)C(F)(F)F)n1. The van der Waals surface area contributed by atoms with Crippen molar-refractivity contribution >= 4 is 29.3 Å². The third kappa shape index (κ3) is 7.14. The standard InChI is InChI=1S/C31H37ClF3N7O3/c1-19-9-12-42(40-19)24-15-20(32)7-8-22(24)27(31(33,34)35)45-26-16-25(38-29(36)39-26)41-13-10-30(11-14-41)17-23(37-18-30)28(43)44-21-5-3-2-4-6-21/h7-9,12,15-16,21,23,27,37H,2-6,10-11,13-14,17-18H2,1H3,(H2,36,38,39)/t23-,27+/m0/s1. The molecule has 0 bridgehead atoms. The number of benzene rings is 1. The first-order chi connectivity index (χ1) is 21.5. The number of hydrogen-bond acceptors (Lipinski definition) is 9. The van der Waals surface area contributed by atoms with Crippen LogP contribution < -0.4 is 20.7 Å². The first kappa shape index (κ1) is 31.4. The minimum absolute atomic E-state index is 0.0177. The Kier molecular flexibility index (Phi) is 8.84. The molecule has 1 saturated carbocycles. The number of aromatic nitrogens is 4. The van der Waals surface area contributed by atoms with Crippen molar-refractivity contribution in [2.45, 2.75) is 82.7 Å².